The zero-order chi connectivity index (χ0) is 46.8. The summed E-state index contributed by atoms with van der Waals surface area (Å²) in [5.41, 5.74) is 11.5. The zero-order valence-electron chi connectivity index (χ0n) is 37.9. The van der Waals surface area contributed by atoms with Crippen molar-refractivity contribution in [3.8, 4) is 22.3 Å². The molecule has 2 fully saturated rings. The molecule has 11 rings (SSSR count). The summed E-state index contributed by atoms with van der Waals surface area (Å²) >= 11 is 12.5. The SMILES string of the molecule is O=C(C(Nc1ccccc1)c1ccc(Cl)cc1)C1CCCCC1c1nc2ccc(-c3ccc(-c4ccc5nc(C6CCCN6C(=O)C(Nc6ccccc6)c6ccc(Cl)cc6)[nH]c5c4)cc3)cc2[nH]1. The summed E-state index contributed by atoms with van der Waals surface area (Å²) < 4.78 is 0. The molecule has 344 valence electrons. The van der Waals surface area contributed by atoms with Crippen molar-refractivity contribution in [2.24, 2.45) is 5.92 Å². The number of hydrogen-bond acceptors (Lipinski definition) is 6. The molecule has 1 saturated carbocycles. The van der Waals surface area contributed by atoms with Gasteiger partial charge in [0.05, 0.1) is 28.1 Å². The molecular formula is C58H51Cl2N7O2. The number of carbonyl (C=O) groups is 2. The second-order valence-corrected chi connectivity index (χ2v) is 19.2. The van der Waals surface area contributed by atoms with Crippen LogP contribution in [0.1, 0.15) is 85.3 Å². The maximum absolute atomic E-state index is 14.7. The van der Waals surface area contributed by atoms with Crippen molar-refractivity contribution in [3.63, 3.8) is 0 Å². The number of nitrogens with one attached hydrogen (secondary N) is 4. The van der Waals surface area contributed by atoms with Crippen molar-refractivity contribution in [3.05, 3.63) is 203 Å². The summed E-state index contributed by atoms with van der Waals surface area (Å²) in [5, 5.41) is 8.30. The summed E-state index contributed by atoms with van der Waals surface area (Å²) in [6, 6.07) is 54.8. The lowest BCUT2D eigenvalue weighted by molar-refractivity contribution is -0.133. The smallest absolute Gasteiger partial charge is 0.250 e. The van der Waals surface area contributed by atoms with E-state index in [4.69, 9.17) is 33.2 Å². The van der Waals surface area contributed by atoms with Gasteiger partial charge in [-0.1, -0.05) is 133 Å². The Kier molecular flexibility index (Phi) is 12.5. The van der Waals surface area contributed by atoms with E-state index >= 15 is 0 Å². The Morgan fingerprint density at radius 1 is 0.536 bits per heavy atom. The van der Waals surface area contributed by atoms with E-state index in [0.717, 1.165) is 117 Å². The second-order valence-electron chi connectivity index (χ2n) is 18.4. The van der Waals surface area contributed by atoms with Crippen molar-refractivity contribution < 1.29 is 9.59 Å². The minimum atomic E-state index is -0.585. The number of Topliss-reactive ketones (excluding diaryl/α,β-unsaturated/α-hetero) is 1. The Morgan fingerprint density at radius 2 is 1.03 bits per heavy atom. The maximum atomic E-state index is 14.7. The fourth-order valence-electron chi connectivity index (χ4n) is 10.4. The summed E-state index contributed by atoms with van der Waals surface area (Å²) in [6.07, 6.45) is 5.47. The van der Waals surface area contributed by atoms with Crippen LogP contribution in [0.25, 0.3) is 44.3 Å². The molecule has 11 heteroatoms. The number of amides is 1. The normalized spacial score (nSPS) is 18.0. The number of likely N-dealkylation sites (tertiary alicyclic amines) is 1. The molecule has 1 amide bonds. The molecule has 9 nitrogen and oxygen atoms in total. The summed E-state index contributed by atoms with van der Waals surface area (Å²) in [7, 11) is 0. The fraction of sp³-hybridized carbons (Fsp3) is 0.207. The first-order chi connectivity index (χ1) is 33.8. The molecule has 2 aromatic heterocycles. The van der Waals surface area contributed by atoms with Gasteiger partial charge in [-0.15, -0.1) is 0 Å². The second kappa shape index (κ2) is 19.4. The van der Waals surface area contributed by atoms with Gasteiger partial charge in [0.15, 0.2) is 5.78 Å². The predicted molar refractivity (Wildman–Crippen MR) is 279 cm³/mol. The number of aromatic amines is 2. The molecule has 1 saturated heterocycles. The average Bonchev–Trinajstić information content (AvgIpc) is 4.17. The molecule has 4 N–H and O–H groups in total. The standard InChI is InChI=1S/C58H51Cl2N7O2/c59-42-27-21-38(22-28-42)53(61-44-10-3-1-4-11-44)55(68)46-14-7-8-15-47(46)56-63-48-31-25-40(34-50(48)65-56)36-17-19-37(20-18-36)41-26-32-49-51(35-41)66-57(64-49)52-16-9-33-67(52)58(69)54(39-23-29-43(60)30-24-39)62-45-12-5-2-6-13-45/h1-6,10-13,17-32,34-35,46-47,52-54,61-62H,7-9,14-16,33H2,(H,63,65)(H,64,66). The Morgan fingerprint density at radius 3 is 1.61 bits per heavy atom. The number of aromatic nitrogens is 4. The van der Waals surface area contributed by atoms with Crippen molar-refractivity contribution in [1.29, 1.82) is 0 Å². The maximum Gasteiger partial charge on any atom is 0.250 e. The molecule has 1 aliphatic heterocycles. The van der Waals surface area contributed by atoms with Gasteiger partial charge in [0.25, 0.3) is 0 Å². The summed E-state index contributed by atoms with van der Waals surface area (Å²) in [4.78, 5) is 48.5. The molecule has 9 aromatic rings. The molecular weight excluding hydrogens is 898 g/mol. The summed E-state index contributed by atoms with van der Waals surface area (Å²) in [6.45, 7) is 0.648. The molecule has 5 atom stereocenters. The number of carbonyl (C=O) groups excluding carboxylic acids is 2. The Labute approximate surface area is 411 Å². The Hall–Kier alpha value is -7.20. The van der Waals surface area contributed by atoms with Crippen LogP contribution in [0.5, 0.6) is 0 Å². The van der Waals surface area contributed by atoms with Gasteiger partial charge in [-0.05, 0) is 132 Å². The number of rotatable bonds is 13. The van der Waals surface area contributed by atoms with Crippen LogP contribution in [-0.2, 0) is 9.59 Å². The molecule has 0 radical (unpaired) electrons. The minimum absolute atomic E-state index is 0.00167. The number of anilines is 2. The number of H-pyrrole nitrogens is 2. The van der Waals surface area contributed by atoms with Gasteiger partial charge in [-0.2, -0.15) is 0 Å². The van der Waals surface area contributed by atoms with Gasteiger partial charge in [0.2, 0.25) is 5.91 Å². The van der Waals surface area contributed by atoms with E-state index in [1.54, 1.807) is 0 Å². The van der Waals surface area contributed by atoms with Crippen molar-refractivity contribution >= 4 is 68.3 Å². The third-order valence-corrected chi connectivity index (χ3v) is 14.5. The van der Waals surface area contributed by atoms with Gasteiger partial charge >= 0.3 is 0 Å². The van der Waals surface area contributed by atoms with Crippen LogP contribution in [0.4, 0.5) is 11.4 Å². The van der Waals surface area contributed by atoms with E-state index in [2.05, 4.69) is 81.3 Å². The first-order valence-electron chi connectivity index (χ1n) is 23.9. The van der Waals surface area contributed by atoms with Crippen LogP contribution in [0.15, 0.2) is 170 Å². The lowest BCUT2D eigenvalue weighted by atomic mass is 9.74. The van der Waals surface area contributed by atoms with E-state index in [0.29, 0.717) is 16.6 Å². The molecule has 7 aromatic carbocycles. The molecule has 0 bridgehead atoms. The highest BCUT2D eigenvalue weighted by molar-refractivity contribution is 6.30. The van der Waals surface area contributed by atoms with Crippen LogP contribution in [0, 0.1) is 5.92 Å². The third-order valence-electron chi connectivity index (χ3n) is 14.0. The zero-order valence-corrected chi connectivity index (χ0v) is 39.4. The van der Waals surface area contributed by atoms with Crippen LogP contribution in [0.3, 0.4) is 0 Å². The first kappa shape index (κ1) is 44.3. The van der Waals surface area contributed by atoms with Gasteiger partial charge in [-0.25, -0.2) is 9.97 Å². The predicted octanol–water partition coefficient (Wildman–Crippen LogP) is 14.3. The largest absolute Gasteiger partial charge is 0.372 e. The Bertz CT molecular complexity index is 3250. The molecule has 69 heavy (non-hydrogen) atoms. The fourth-order valence-corrected chi connectivity index (χ4v) is 10.7. The molecule has 2 aliphatic rings. The number of nitrogens with zero attached hydrogens (tertiary/aromatic N) is 3. The van der Waals surface area contributed by atoms with Crippen molar-refractivity contribution in [1.82, 2.24) is 24.8 Å². The number of fused-ring (bicyclic) bond motifs is 2. The lowest BCUT2D eigenvalue weighted by Gasteiger charge is -2.32. The van der Waals surface area contributed by atoms with Crippen molar-refractivity contribution in [2.75, 3.05) is 17.2 Å². The van der Waals surface area contributed by atoms with Crippen LogP contribution in [-0.4, -0.2) is 43.1 Å². The van der Waals surface area contributed by atoms with Gasteiger partial charge in [0, 0.05) is 39.8 Å². The molecule has 5 unspecified atom stereocenters. The number of benzene rings is 7. The number of ketones is 1. The van der Waals surface area contributed by atoms with E-state index < -0.39 is 12.1 Å². The Balaban J connectivity index is 0.805. The number of hydrogen-bond donors (Lipinski definition) is 4. The molecule has 0 spiro atoms. The number of halogens is 2. The van der Waals surface area contributed by atoms with E-state index in [-0.39, 0.29) is 29.6 Å². The topological polar surface area (TPSA) is 119 Å². The lowest BCUT2D eigenvalue weighted by Crippen LogP contribution is -2.38. The highest BCUT2D eigenvalue weighted by atomic mass is 35.5. The van der Waals surface area contributed by atoms with E-state index in [1.807, 2.05) is 114 Å². The quantitative estimate of drug-likeness (QED) is 0.0914. The average molecular weight is 949 g/mol. The molecule has 3 heterocycles. The van der Waals surface area contributed by atoms with Crippen LogP contribution >= 0.6 is 23.2 Å². The van der Waals surface area contributed by atoms with Crippen LogP contribution in [0.2, 0.25) is 10.0 Å². The van der Waals surface area contributed by atoms with Gasteiger partial charge in [0.1, 0.15) is 23.7 Å². The monoisotopic (exact) mass is 947 g/mol. The first-order valence-corrected chi connectivity index (χ1v) is 24.7. The number of para-hydroxylation sites is 2. The minimum Gasteiger partial charge on any atom is -0.372 e. The summed E-state index contributed by atoms with van der Waals surface area (Å²) in [5.74, 6) is 1.62. The van der Waals surface area contributed by atoms with Crippen LogP contribution < -0.4 is 10.6 Å². The number of imidazole rings is 2. The van der Waals surface area contributed by atoms with Gasteiger partial charge in [-0.3, -0.25) is 9.59 Å². The van der Waals surface area contributed by atoms with E-state index in [1.165, 1.54) is 0 Å². The van der Waals surface area contributed by atoms with Gasteiger partial charge < -0.3 is 25.5 Å². The molecule has 1 aliphatic carbocycles. The highest BCUT2D eigenvalue weighted by Gasteiger charge is 2.39. The van der Waals surface area contributed by atoms with E-state index in [9.17, 15) is 9.59 Å². The highest BCUT2D eigenvalue weighted by Crippen LogP contribution is 2.42. The van der Waals surface area contributed by atoms with Crippen molar-refractivity contribution in [2.45, 2.75) is 62.6 Å². The third kappa shape index (κ3) is 9.37.